The summed E-state index contributed by atoms with van der Waals surface area (Å²) < 4.78 is 7.24. The van der Waals surface area contributed by atoms with Crippen LogP contribution >= 0.6 is 50.5 Å². The molecule has 0 aliphatic carbocycles. The predicted octanol–water partition coefficient (Wildman–Crippen LogP) is 5.35. The number of benzene rings is 2. The summed E-state index contributed by atoms with van der Waals surface area (Å²) in [6, 6.07) is 8.40. The van der Waals surface area contributed by atoms with E-state index >= 15 is 0 Å². The monoisotopic (exact) mass is 459 g/mol. The van der Waals surface area contributed by atoms with Gasteiger partial charge in [0.1, 0.15) is 5.75 Å². The number of fused-ring (bicyclic) bond motifs is 1. The Labute approximate surface area is 166 Å². The number of nitrogens with two attached hydrogens (primary N) is 1. The van der Waals surface area contributed by atoms with Gasteiger partial charge < -0.3 is 15.8 Å². The third-order valence-electron chi connectivity index (χ3n) is 3.30. The number of anilines is 2. The van der Waals surface area contributed by atoms with Gasteiger partial charge in [0, 0.05) is 15.2 Å². The molecule has 0 saturated heterocycles. The average Bonchev–Trinajstić information content (AvgIpc) is 2.91. The van der Waals surface area contributed by atoms with Crippen LogP contribution in [-0.2, 0) is 4.79 Å². The van der Waals surface area contributed by atoms with Crippen molar-refractivity contribution in [2.24, 2.45) is 0 Å². The lowest BCUT2D eigenvalue weighted by atomic mass is 10.2. The van der Waals surface area contributed by atoms with E-state index in [2.05, 4.69) is 26.2 Å². The fraction of sp³-hybridized carbons (Fsp3) is 0.125. The Morgan fingerprint density at radius 2 is 2.12 bits per heavy atom. The van der Waals surface area contributed by atoms with Crippen LogP contribution in [0.2, 0.25) is 10.0 Å². The lowest BCUT2D eigenvalue weighted by Gasteiger charge is -2.16. The third-order valence-corrected chi connectivity index (χ3v) is 5.27. The lowest BCUT2D eigenvalue weighted by Crippen LogP contribution is -2.30. The summed E-state index contributed by atoms with van der Waals surface area (Å²) in [6.07, 6.45) is -0.750. The van der Waals surface area contributed by atoms with Crippen LogP contribution in [-0.4, -0.2) is 17.0 Å². The van der Waals surface area contributed by atoms with Crippen LogP contribution in [0.25, 0.3) is 10.2 Å². The number of halogens is 3. The summed E-state index contributed by atoms with van der Waals surface area (Å²) in [5, 5.41) is 4.12. The van der Waals surface area contributed by atoms with Crippen molar-refractivity contribution in [3.63, 3.8) is 0 Å². The summed E-state index contributed by atoms with van der Waals surface area (Å²) in [7, 11) is 0. The first kappa shape index (κ1) is 18.3. The molecule has 2 aromatic carbocycles. The highest BCUT2D eigenvalue weighted by Crippen LogP contribution is 2.33. The van der Waals surface area contributed by atoms with Crippen LogP contribution in [0.15, 0.2) is 34.8 Å². The van der Waals surface area contributed by atoms with E-state index in [1.807, 2.05) is 6.07 Å². The van der Waals surface area contributed by atoms with E-state index in [4.69, 9.17) is 33.7 Å². The highest BCUT2D eigenvalue weighted by atomic mass is 79.9. The number of nitrogen functional groups attached to an aromatic ring is 1. The standard InChI is InChI=1S/C16H12BrCl2N3O2S/c1-7(24-12-3-2-8(18)4-11(12)19)15(23)21-9-5-10(17)14-13(6-9)25-16(20)22-14/h2-7H,1H3,(H2,20,22)(H,21,23)/t7-/m1/s1. The van der Waals surface area contributed by atoms with Crippen molar-refractivity contribution in [2.75, 3.05) is 11.1 Å². The van der Waals surface area contributed by atoms with E-state index in [9.17, 15) is 4.79 Å². The Kier molecular flexibility index (Phi) is 5.38. The van der Waals surface area contributed by atoms with Crippen molar-refractivity contribution in [1.29, 1.82) is 0 Å². The van der Waals surface area contributed by atoms with Crippen molar-refractivity contribution in [2.45, 2.75) is 13.0 Å². The van der Waals surface area contributed by atoms with Gasteiger partial charge in [0.15, 0.2) is 11.2 Å². The number of thiazole rings is 1. The van der Waals surface area contributed by atoms with E-state index < -0.39 is 6.10 Å². The van der Waals surface area contributed by atoms with Crippen LogP contribution < -0.4 is 15.8 Å². The van der Waals surface area contributed by atoms with Crippen LogP contribution in [0.4, 0.5) is 10.8 Å². The maximum absolute atomic E-state index is 12.4. The molecule has 0 aliphatic rings. The van der Waals surface area contributed by atoms with Crippen molar-refractivity contribution in [3.05, 3.63) is 44.8 Å². The Morgan fingerprint density at radius 3 is 2.84 bits per heavy atom. The molecule has 3 rings (SSSR count). The molecule has 5 nitrogen and oxygen atoms in total. The van der Waals surface area contributed by atoms with Gasteiger partial charge in [-0.1, -0.05) is 34.5 Å². The fourth-order valence-electron chi connectivity index (χ4n) is 2.14. The minimum Gasteiger partial charge on any atom is -0.479 e. The molecule has 0 aliphatic heterocycles. The fourth-order valence-corrected chi connectivity index (χ4v) is 4.07. The summed E-state index contributed by atoms with van der Waals surface area (Å²) >= 11 is 16.7. The third kappa shape index (κ3) is 4.17. The zero-order valence-electron chi connectivity index (χ0n) is 12.8. The highest BCUT2D eigenvalue weighted by molar-refractivity contribution is 9.10. The maximum Gasteiger partial charge on any atom is 0.265 e. The van der Waals surface area contributed by atoms with E-state index in [0.717, 1.165) is 14.7 Å². The van der Waals surface area contributed by atoms with E-state index in [0.29, 0.717) is 26.6 Å². The molecule has 9 heteroatoms. The molecule has 0 spiro atoms. The average molecular weight is 461 g/mol. The maximum atomic E-state index is 12.4. The van der Waals surface area contributed by atoms with Crippen LogP contribution in [0.1, 0.15) is 6.92 Å². The van der Waals surface area contributed by atoms with Crippen molar-refractivity contribution in [3.8, 4) is 5.75 Å². The van der Waals surface area contributed by atoms with Crippen molar-refractivity contribution >= 4 is 77.4 Å². The molecule has 3 N–H and O–H groups in total. The lowest BCUT2D eigenvalue weighted by molar-refractivity contribution is -0.122. The zero-order chi connectivity index (χ0) is 18.1. The molecule has 0 radical (unpaired) electrons. The molecule has 0 fully saturated rings. The number of rotatable bonds is 4. The first-order valence-corrected chi connectivity index (χ1v) is 9.48. The Balaban J connectivity index is 1.75. The number of carbonyl (C=O) groups is 1. The molecular weight excluding hydrogens is 449 g/mol. The molecule has 1 amide bonds. The quantitative estimate of drug-likeness (QED) is 0.549. The first-order chi connectivity index (χ1) is 11.8. The smallest absolute Gasteiger partial charge is 0.265 e. The molecule has 0 saturated carbocycles. The number of nitrogens with zero attached hydrogens (tertiary/aromatic N) is 1. The van der Waals surface area contributed by atoms with Gasteiger partial charge in [-0.15, -0.1) is 0 Å². The number of carbonyl (C=O) groups excluding carboxylic acids is 1. The normalized spacial score (nSPS) is 12.2. The molecule has 3 aromatic rings. The number of hydrogen-bond acceptors (Lipinski definition) is 5. The summed E-state index contributed by atoms with van der Waals surface area (Å²) in [5.41, 5.74) is 7.11. The predicted molar refractivity (Wildman–Crippen MR) is 107 cm³/mol. The van der Waals surface area contributed by atoms with Gasteiger partial charge in [-0.2, -0.15) is 0 Å². The molecule has 1 heterocycles. The number of ether oxygens (including phenoxy) is 1. The summed E-state index contributed by atoms with van der Waals surface area (Å²) in [6.45, 7) is 1.64. The Hall–Kier alpha value is -1.54. The van der Waals surface area contributed by atoms with Gasteiger partial charge in [0.25, 0.3) is 5.91 Å². The van der Waals surface area contributed by atoms with Crippen molar-refractivity contribution in [1.82, 2.24) is 4.98 Å². The summed E-state index contributed by atoms with van der Waals surface area (Å²) in [4.78, 5) is 16.6. The van der Waals surface area contributed by atoms with Crippen LogP contribution in [0.5, 0.6) is 5.75 Å². The SMILES string of the molecule is C[C@@H](Oc1ccc(Cl)cc1Cl)C(=O)Nc1cc(Br)c2nc(N)sc2c1. The largest absolute Gasteiger partial charge is 0.479 e. The van der Waals surface area contributed by atoms with E-state index in [-0.39, 0.29) is 5.91 Å². The van der Waals surface area contributed by atoms with Gasteiger partial charge in [-0.05, 0) is 53.2 Å². The van der Waals surface area contributed by atoms with Gasteiger partial charge >= 0.3 is 0 Å². The molecule has 1 atom stereocenters. The molecule has 25 heavy (non-hydrogen) atoms. The first-order valence-electron chi connectivity index (χ1n) is 7.11. The second kappa shape index (κ2) is 7.37. The van der Waals surface area contributed by atoms with Gasteiger partial charge in [0.2, 0.25) is 0 Å². The molecule has 0 bridgehead atoms. The second-order valence-electron chi connectivity index (χ2n) is 5.18. The molecule has 0 unspecified atom stereocenters. The zero-order valence-corrected chi connectivity index (χ0v) is 16.8. The van der Waals surface area contributed by atoms with Crippen LogP contribution in [0.3, 0.4) is 0 Å². The van der Waals surface area contributed by atoms with E-state index in [1.165, 1.54) is 11.3 Å². The number of amides is 1. The van der Waals surface area contributed by atoms with E-state index in [1.54, 1.807) is 31.2 Å². The topological polar surface area (TPSA) is 77.2 Å². The number of aromatic nitrogens is 1. The molecular formula is C16H12BrCl2N3O2S. The molecule has 1 aromatic heterocycles. The number of nitrogens with one attached hydrogen (secondary N) is 1. The molecule has 130 valence electrons. The second-order valence-corrected chi connectivity index (χ2v) is 7.94. The van der Waals surface area contributed by atoms with Gasteiger partial charge in [-0.25, -0.2) is 4.98 Å². The minimum absolute atomic E-state index is 0.310. The summed E-state index contributed by atoms with van der Waals surface area (Å²) in [5.74, 6) is 0.0790. The van der Waals surface area contributed by atoms with Gasteiger partial charge in [-0.3, -0.25) is 4.79 Å². The Morgan fingerprint density at radius 1 is 1.36 bits per heavy atom. The van der Waals surface area contributed by atoms with Crippen molar-refractivity contribution < 1.29 is 9.53 Å². The highest BCUT2D eigenvalue weighted by Gasteiger charge is 2.17. The number of hydrogen-bond donors (Lipinski definition) is 2. The van der Waals surface area contributed by atoms with Gasteiger partial charge in [0.05, 0.1) is 15.2 Å². The Bertz CT molecular complexity index is 964. The van der Waals surface area contributed by atoms with Crippen LogP contribution in [0, 0.1) is 0 Å². The minimum atomic E-state index is -0.750.